The van der Waals surface area contributed by atoms with Crippen LogP contribution in [0.15, 0.2) is 24.4 Å². The fourth-order valence-corrected chi connectivity index (χ4v) is 2.46. The first kappa shape index (κ1) is 16.6. The SMILES string of the molecule is CCC(N)C(c1ccccn1)N(CCC#N)CC(C)C. The number of pyridine rings is 1. The highest BCUT2D eigenvalue weighted by Gasteiger charge is 2.26. The maximum atomic E-state index is 8.87. The van der Waals surface area contributed by atoms with Crippen LogP contribution in [0.2, 0.25) is 0 Å². The van der Waals surface area contributed by atoms with Gasteiger partial charge in [-0.1, -0.05) is 26.8 Å². The van der Waals surface area contributed by atoms with Crippen molar-refractivity contribution in [3.8, 4) is 6.07 Å². The molecule has 0 radical (unpaired) electrons. The summed E-state index contributed by atoms with van der Waals surface area (Å²) in [6, 6.07) is 8.28. The van der Waals surface area contributed by atoms with Gasteiger partial charge in [-0.25, -0.2) is 0 Å². The normalized spacial score (nSPS) is 14.2. The summed E-state index contributed by atoms with van der Waals surface area (Å²) in [4.78, 5) is 6.79. The monoisotopic (exact) mass is 274 g/mol. The molecule has 0 amide bonds. The Kier molecular flexibility index (Phi) is 7.21. The third-order valence-corrected chi connectivity index (χ3v) is 3.37. The number of rotatable bonds is 8. The second kappa shape index (κ2) is 8.68. The van der Waals surface area contributed by atoms with E-state index >= 15 is 0 Å². The Balaban J connectivity index is 3.01. The maximum absolute atomic E-state index is 8.87. The minimum atomic E-state index is 0.0299. The van der Waals surface area contributed by atoms with Gasteiger partial charge in [-0.15, -0.1) is 0 Å². The number of hydrogen-bond donors (Lipinski definition) is 1. The molecule has 1 aromatic rings. The summed E-state index contributed by atoms with van der Waals surface area (Å²) < 4.78 is 0. The molecule has 4 nitrogen and oxygen atoms in total. The summed E-state index contributed by atoms with van der Waals surface area (Å²) >= 11 is 0. The summed E-state index contributed by atoms with van der Waals surface area (Å²) in [5, 5.41) is 8.87. The number of hydrogen-bond acceptors (Lipinski definition) is 4. The number of aromatic nitrogens is 1. The molecule has 110 valence electrons. The molecule has 0 saturated carbocycles. The summed E-state index contributed by atoms with van der Waals surface area (Å²) in [5.41, 5.74) is 7.33. The topological polar surface area (TPSA) is 65.9 Å². The van der Waals surface area contributed by atoms with Crippen LogP contribution in [0.1, 0.15) is 45.3 Å². The minimum Gasteiger partial charge on any atom is -0.326 e. The van der Waals surface area contributed by atoms with E-state index < -0.39 is 0 Å². The van der Waals surface area contributed by atoms with Gasteiger partial charge in [0.1, 0.15) is 0 Å². The van der Waals surface area contributed by atoms with Crippen molar-refractivity contribution in [1.29, 1.82) is 5.26 Å². The molecule has 2 unspecified atom stereocenters. The van der Waals surface area contributed by atoms with Crippen LogP contribution >= 0.6 is 0 Å². The molecule has 4 heteroatoms. The van der Waals surface area contributed by atoms with Crippen molar-refractivity contribution >= 4 is 0 Å². The smallest absolute Gasteiger partial charge is 0.0674 e. The molecule has 1 heterocycles. The van der Waals surface area contributed by atoms with Gasteiger partial charge in [0, 0.05) is 31.7 Å². The molecule has 1 aromatic heterocycles. The second-order valence-corrected chi connectivity index (χ2v) is 5.57. The van der Waals surface area contributed by atoms with Gasteiger partial charge in [-0.05, 0) is 24.5 Å². The quantitative estimate of drug-likeness (QED) is 0.791. The van der Waals surface area contributed by atoms with E-state index in [9.17, 15) is 0 Å². The molecule has 0 aliphatic carbocycles. The minimum absolute atomic E-state index is 0.0299. The molecule has 2 N–H and O–H groups in total. The lowest BCUT2D eigenvalue weighted by Gasteiger charge is -2.35. The van der Waals surface area contributed by atoms with Gasteiger partial charge >= 0.3 is 0 Å². The van der Waals surface area contributed by atoms with E-state index in [0.29, 0.717) is 12.3 Å². The van der Waals surface area contributed by atoms with Crippen molar-refractivity contribution in [3.05, 3.63) is 30.1 Å². The molecule has 0 aliphatic rings. The standard InChI is InChI=1S/C16H26N4/c1-4-14(18)16(15-8-5-6-10-19-15)20(11-7-9-17)12-13(2)3/h5-6,8,10,13-14,16H,4,7,11-12,18H2,1-3H3. The van der Waals surface area contributed by atoms with E-state index in [0.717, 1.165) is 25.2 Å². The van der Waals surface area contributed by atoms with Crippen molar-refractivity contribution in [2.45, 2.75) is 45.7 Å². The van der Waals surface area contributed by atoms with Crippen LogP contribution in [0.4, 0.5) is 0 Å². The Bertz CT molecular complexity index is 410. The van der Waals surface area contributed by atoms with Crippen molar-refractivity contribution in [3.63, 3.8) is 0 Å². The molecule has 20 heavy (non-hydrogen) atoms. The molecule has 0 fully saturated rings. The van der Waals surface area contributed by atoms with Crippen LogP contribution in [0.3, 0.4) is 0 Å². The van der Waals surface area contributed by atoms with E-state index in [1.54, 1.807) is 0 Å². The van der Waals surface area contributed by atoms with Crippen LogP contribution in [-0.4, -0.2) is 29.0 Å². The average molecular weight is 274 g/mol. The Labute approximate surface area is 122 Å². The van der Waals surface area contributed by atoms with E-state index in [1.165, 1.54) is 0 Å². The van der Waals surface area contributed by atoms with Gasteiger partial charge in [0.25, 0.3) is 0 Å². The number of nitriles is 1. The van der Waals surface area contributed by atoms with E-state index in [1.807, 2.05) is 24.4 Å². The molecule has 0 aliphatic heterocycles. The first-order valence-corrected chi connectivity index (χ1v) is 7.37. The first-order valence-electron chi connectivity index (χ1n) is 7.37. The maximum Gasteiger partial charge on any atom is 0.0674 e. The summed E-state index contributed by atoms with van der Waals surface area (Å²) in [6.45, 7) is 8.14. The van der Waals surface area contributed by atoms with Crippen LogP contribution in [0, 0.1) is 17.2 Å². The van der Waals surface area contributed by atoms with E-state index in [4.69, 9.17) is 11.0 Å². The number of nitrogens with two attached hydrogens (primary N) is 1. The summed E-state index contributed by atoms with van der Waals surface area (Å²) in [6.07, 6.45) is 3.22. The van der Waals surface area contributed by atoms with Crippen molar-refractivity contribution in [1.82, 2.24) is 9.88 Å². The molecule has 0 bridgehead atoms. The highest BCUT2D eigenvalue weighted by atomic mass is 15.2. The zero-order valence-electron chi connectivity index (χ0n) is 12.8. The van der Waals surface area contributed by atoms with Gasteiger partial charge in [0.15, 0.2) is 0 Å². The lowest BCUT2D eigenvalue weighted by molar-refractivity contribution is 0.151. The lowest BCUT2D eigenvalue weighted by atomic mass is 9.99. The van der Waals surface area contributed by atoms with Crippen LogP contribution < -0.4 is 5.73 Å². The van der Waals surface area contributed by atoms with Gasteiger partial charge in [-0.2, -0.15) is 5.26 Å². The zero-order chi connectivity index (χ0) is 15.0. The number of nitrogens with zero attached hydrogens (tertiary/aromatic N) is 3. The third-order valence-electron chi connectivity index (χ3n) is 3.37. The summed E-state index contributed by atoms with van der Waals surface area (Å²) in [5.74, 6) is 0.531. The zero-order valence-corrected chi connectivity index (χ0v) is 12.8. The lowest BCUT2D eigenvalue weighted by Crippen LogP contribution is -2.43. The molecule has 2 atom stereocenters. The second-order valence-electron chi connectivity index (χ2n) is 5.57. The van der Waals surface area contributed by atoms with Gasteiger partial charge in [0.05, 0.1) is 17.8 Å². The Hall–Kier alpha value is -1.44. The Morgan fingerprint density at radius 2 is 2.15 bits per heavy atom. The fourth-order valence-electron chi connectivity index (χ4n) is 2.46. The van der Waals surface area contributed by atoms with Crippen molar-refractivity contribution < 1.29 is 0 Å². The predicted molar refractivity (Wildman–Crippen MR) is 81.9 cm³/mol. The molecule has 0 aromatic carbocycles. The van der Waals surface area contributed by atoms with Gasteiger partial charge in [-0.3, -0.25) is 9.88 Å². The largest absolute Gasteiger partial charge is 0.326 e. The van der Waals surface area contributed by atoms with E-state index in [-0.39, 0.29) is 12.1 Å². The van der Waals surface area contributed by atoms with Crippen LogP contribution in [-0.2, 0) is 0 Å². The van der Waals surface area contributed by atoms with Crippen LogP contribution in [0.5, 0.6) is 0 Å². The predicted octanol–water partition coefficient (Wildman–Crippen LogP) is 2.73. The molecular weight excluding hydrogens is 248 g/mol. The van der Waals surface area contributed by atoms with Crippen molar-refractivity contribution in [2.75, 3.05) is 13.1 Å². The molecule has 0 spiro atoms. The Morgan fingerprint density at radius 1 is 1.40 bits per heavy atom. The average Bonchev–Trinajstić information content (AvgIpc) is 2.45. The Morgan fingerprint density at radius 3 is 2.65 bits per heavy atom. The van der Waals surface area contributed by atoms with Crippen molar-refractivity contribution in [2.24, 2.45) is 11.7 Å². The van der Waals surface area contributed by atoms with Gasteiger partial charge < -0.3 is 5.73 Å². The fraction of sp³-hybridized carbons (Fsp3) is 0.625. The molecule has 1 rings (SSSR count). The van der Waals surface area contributed by atoms with Crippen LogP contribution in [0.25, 0.3) is 0 Å². The highest BCUT2D eigenvalue weighted by Crippen LogP contribution is 2.24. The van der Waals surface area contributed by atoms with E-state index in [2.05, 4.69) is 36.7 Å². The van der Waals surface area contributed by atoms with Gasteiger partial charge in [0.2, 0.25) is 0 Å². The third kappa shape index (κ3) is 4.92. The molecular formula is C16H26N4. The summed E-state index contributed by atoms with van der Waals surface area (Å²) in [7, 11) is 0. The molecule has 0 saturated heterocycles. The first-order chi connectivity index (χ1) is 9.60. The highest BCUT2D eigenvalue weighted by molar-refractivity contribution is 5.11.